The van der Waals surface area contributed by atoms with E-state index in [0.29, 0.717) is 16.7 Å². The van der Waals surface area contributed by atoms with Gasteiger partial charge in [-0.1, -0.05) is 11.6 Å². The van der Waals surface area contributed by atoms with Crippen molar-refractivity contribution < 1.29 is 23.4 Å². The van der Waals surface area contributed by atoms with Crippen molar-refractivity contribution in [3.8, 4) is 17.3 Å². The molecule has 0 fully saturated rings. The molecule has 1 aliphatic rings. The zero-order valence-corrected chi connectivity index (χ0v) is 20.9. The molecular weight excluding hydrogens is 485 g/mol. The highest BCUT2D eigenvalue weighted by atomic mass is 35.5. The summed E-state index contributed by atoms with van der Waals surface area (Å²) in [7, 11) is 1.53. The van der Waals surface area contributed by atoms with Crippen LogP contribution in [0.4, 0.5) is 9.18 Å². The molecule has 5 rings (SSSR count). The first-order chi connectivity index (χ1) is 17.2. The van der Waals surface area contributed by atoms with Crippen LogP contribution in [0.2, 0.25) is 5.02 Å². The van der Waals surface area contributed by atoms with Crippen molar-refractivity contribution in [2.75, 3.05) is 13.7 Å². The number of carbonyl (C=O) groups is 1. The monoisotopic (exact) mass is 509 g/mol. The van der Waals surface area contributed by atoms with Crippen molar-refractivity contribution in [1.82, 2.24) is 14.5 Å². The first-order valence-electron chi connectivity index (χ1n) is 11.4. The largest absolute Gasteiger partial charge is 0.489 e. The third-order valence-electron chi connectivity index (χ3n) is 6.26. The van der Waals surface area contributed by atoms with Crippen LogP contribution in [0.15, 0.2) is 60.9 Å². The van der Waals surface area contributed by atoms with E-state index >= 15 is 0 Å². The fourth-order valence-corrected chi connectivity index (χ4v) is 4.58. The Balaban J connectivity index is 1.44. The van der Waals surface area contributed by atoms with Crippen LogP contribution in [-0.4, -0.2) is 39.8 Å². The molecule has 0 unspecified atom stereocenters. The smallest absolute Gasteiger partial charge is 0.410 e. The van der Waals surface area contributed by atoms with Gasteiger partial charge in [-0.3, -0.25) is 4.90 Å². The Morgan fingerprint density at radius 1 is 1.19 bits per heavy atom. The van der Waals surface area contributed by atoms with E-state index in [-0.39, 0.29) is 25.6 Å². The van der Waals surface area contributed by atoms with Gasteiger partial charge in [0.05, 0.1) is 29.7 Å². The maximum Gasteiger partial charge on any atom is 0.410 e. The lowest BCUT2D eigenvalue weighted by Crippen LogP contribution is -2.49. The number of benzene rings is 2. The molecule has 0 aliphatic carbocycles. The molecule has 7 nitrogen and oxygen atoms in total. The van der Waals surface area contributed by atoms with Gasteiger partial charge in [0.25, 0.3) is 0 Å². The number of nitrogens with zero attached hydrogens (tertiary/aromatic N) is 3. The number of methoxy groups -OCH3 is 1. The molecule has 0 N–H and O–H groups in total. The minimum absolute atomic E-state index is 0.0741. The summed E-state index contributed by atoms with van der Waals surface area (Å²) in [6, 6.07) is 13.7. The normalized spacial score (nSPS) is 14.6. The average Bonchev–Trinajstić information content (AvgIpc) is 3.21. The van der Waals surface area contributed by atoms with Gasteiger partial charge >= 0.3 is 6.09 Å². The number of carbonyl (C=O) groups excluding carboxylic acids is 1. The third-order valence-corrected chi connectivity index (χ3v) is 6.54. The molecule has 186 valence electrons. The standard InChI is InChI=1S/C27H25ClFN3O4/c1-27(2)16-36-25-19(14-32(27)26(33)35-15-17-6-8-30-24(10-17)34-3)12-21(13-22(25)28)31-9-7-18-11-20(29)4-5-23(18)31/h4-13H,14-16H2,1-3H3. The number of amides is 1. The van der Waals surface area contributed by atoms with Gasteiger partial charge in [0, 0.05) is 35.1 Å². The number of aromatic nitrogens is 2. The molecule has 0 saturated carbocycles. The first-order valence-corrected chi connectivity index (χ1v) is 11.8. The summed E-state index contributed by atoms with van der Waals surface area (Å²) in [5.41, 5.74) is 2.47. The summed E-state index contributed by atoms with van der Waals surface area (Å²) in [6.07, 6.45) is 2.99. The van der Waals surface area contributed by atoms with E-state index in [1.54, 1.807) is 35.4 Å². The summed E-state index contributed by atoms with van der Waals surface area (Å²) in [6.45, 7) is 4.38. The van der Waals surface area contributed by atoms with Crippen LogP contribution in [0.3, 0.4) is 0 Å². The number of ether oxygens (including phenoxy) is 3. The molecule has 0 spiro atoms. The molecule has 3 heterocycles. The molecule has 2 aromatic carbocycles. The van der Waals surface area contributed by atoms with E-state index in [4.69, 9.17) is 25.8 Å². The van der Waals surface area contributed by atoms with Crippen molar-refractivity contribution in [2.24, 2.45) is 0 Å². The SMILES string of the molecule is COc1cc(COC(=O)N2Cc3cc(-n4ccc5cc(F)ccc54)cc(Cl)c3OCC2(C)C)ccn1. The van der Waals surface area contributed by atoms with E-state index in [2.05, 4.69) is 4.98 Å². The molecule has 4 aromatic rings. The quantitative estimate of drug-likeness (QED) is 0.331. The summed E-state index contributed by atoms with van der Waals surface area (Å²) in [5.74, 6) is 0.684. The van der Waals surface area contributed by atoms with Crippen LogP contribution in [0, 0.1) is 5.82 Å². The molecule has 0 bridgehead atoms. The molecule has 1 aliphatic heterocycles. The molecule has 0 saturated heterocycles. The highest BCUT2D eigenvalue weighted by Gasteiger charge is 2.37. The van der Waals surface area contributed by atoms with Gasteiger partial charge in [-0.25, -0.2) is 14.2 Å². The van der Waals surface area contributed by atoms with Crippen LogP contribution in [0.25, 0.3) is 16.6 Å². The van der Waals surface area contributed by atoms with Crippen LogP contribution in [0.1, 0.15) is 25.0 Å². The van der Waals surface area contributed by atoms with Crippen molar-refractivity contribution >= 4 is 28.6 Å². The highest BCUT2D eigenvalue weighted by Crippen LogP contribution is 2.38. The fraction of sp³-hybridized carbons (Fsp3) is 0.259. The summed E-state index contributed by atoms with van der Waals surface area (Å²) in [5, 5.41) is 1.21. The molecule has 0 radical (unpaired) electrons. The zero-order chi connectivity index (χ0) is 25.4. The van der Waals surface area contributed by atoms with E-state index < -0.39 is 11.6 Å². The second kappa shape index (κ2) is 9.35. The lowest BCUT2D eigenvalue weighted by Gasteiger charge is -2.35. The summed E-state index contributed by atoms with van der Waals surface area (Å²) in [4.78, 5) is 18.9. The zero-order valence-electron chi connectivity index (χ0n) is 20.1. The molecule has 9 heteroatoms. The summed E-state index contributed by atoms with van der Waals surface area (Å²) >= 11 is 6.65. The van der Waals surface area contributed by atoms with Crippen LogP contribution in [-0.2, 0) is 17.9 Å². The van der Waals surface area contributed by atoms with Gasteiger partial charge in [0.2, 0.25) is 5.88 Å². The summed E-state index contributed by atoms with van der Waals surface area (Å²) < 4.78 is 32.5. The molecule has 1 amide bonds. The van der Waals surface area contributed by atoms with Gasteiger partial charge in [-0.15, -0.1) is 0 Å². The Kier molecular flexibility index (Phi) is 6.22. The molecular formula is C27H25ClFN3O4. The minimum Gasteiger partial charge on any atom is -0.489 e. The molecule has 36 heavy (non-hydrogen) atoms. The van der Waals surface area contributed by atoms with Crippen molar-refractivity contribution in [3.05, 3.63) is 82.9 Å². The Labute approximate surface area is 213 Å². The van der Waals surface area contributed by atoms with Crippen LogP contribution < -0.4 is 9.47 Å². The third kappa shape index (κ3) is 4.56. The molecule has 2 aromatic heterocycles. The number of hydrogen-bond donors (Lipinski definition) is 0. The van der Waals surface area contributed by atoms with E-state index in [9.17, 15) is 9.18 Å². The lowest BCUT2D eigenvalue weighted by molar-refractivity contribution is 0.0401. The van der Waals surface area contributed by atoms with E-state index in [1.165, 1.54) is 19.2 Å². The predicted molar refractivity (Wildman–Crippen MR) is 134 cm³/mol. The highest BCUT2D eigenvalue weighted by molar-refractivity contribution is 6.32. The Hall–Kier alpha value is -3.78. The van der Waals surface area contributed by atoms with E-state index in [1.807, 2.05) is 36.7 Å². The lowest BCUT2D eigenvalue weighted by atomic mass is 10.0. The van der Waals surface area contributed by atoms with E-state index in [0.717, 1.165) is 27.7 Å². The van der Waals surface area contributed by atoms with Gasteiger partial charge in [-0.2, -0.15) is 0 Å². The van der Waals surface area contributed by atoms with Gasteiger partial charge in [-0.05, 0) is 61.9 Å². The maximum absolute atomic E-state index is 13.7. The van der Waals surface area contributed by atoms with Gasteiger partial charge in [0.1, 0.15) is 24.8 Å². The fourth-order valence-electron chi connectivity index (χ4n) is 4.29. The second-order valence-corrected chi connectivity index (χ2v) is 9.66. The average molecular weight is 510 g/mol. The number of halogens is 2. The Morgan fingerprint density at radius 2 is 2.03 bits per heavy atom. The van der Waals surface area contributed by atoms with Crippen molar-refractivity contribution in [1.29, 1.82) is 0 Å². The second-order valence-electron chi connectivity index (χ2n) is 9.25. The van der Waals surface area contributed by atoms with Crippen LogP contribution >= 0.6 is 11.6 Å². The van der Waals surface area contributed by atoms with Crippen molar-refractivity contribution in [3.63, 3.8) is 0 Å². The Morgan fingerprint density at radius 3 is 2.83 bits per heavy atom. The van der Waals surface area contributed by atoms with Gasteiger partial charge < -0.3 is 18.8 Å². The Bertz CT molecular complexity index is 1450. The maximum atomic E-state index is 13.7. The molecule has 0 atom stereocenters. The number of fused-ring (bicyclic) bond motifs is 2. The van der Waals surface area contributed by atoms with Crippen molar-refractivity contribution in [2.45, 2.75) is 32.5 Å². The predicted octanol–water partition coefficient (Wildman–Crippen LogP) is 6.14. The number of pyridine rings is 1. The topological polar surface area (TPSA) is 65.8 Å². The van der Waals surface area contributed by atoms with Gasteiger partial charge in [0.15, 0.2) is 0 Å². The first kappa shape index (κ1) is 23.9. The number of rotatable bonds is 4. The number of hydrogen-bond acceptors (Lipinski definition) is 5. The van der Waals surface area contributed by atoms with Crippen LogP contribution in [0.5, 0.6) is 11.6 Å². The minimum atomic E-state index is -0.660.